The van der Waals surface area contributed by atoms with E-state index < -0.39 is 0 Å². The highest BCUT2D eigenvalue weighted by atomic mass is 16.5. The van der Waals surface area contributed by atoms with Gasteiger partial charge in [-0.2, -0.15) is 5.26 Å². The van der Waals surface area contributed by atoms with E-state index in [4.69, 9.17) is 5.26 Å². The van der Waals surface area contributed by atoms with Crippen LogP contribution in [0.3, 0.4) is 0 Å². The Labute approximate surface area is 92.9 Å². The second-order valence-electron chi connectivity index (χ2n) is 3.30. The number of rotatable bonds is 3. The van der Waals surface area contributed by atoms with Crippen LogP contribution in [0.15, 0.2) is 36.4 Å². The number of benzene rings is 2. The Bertz CT molecular complexity index is 570. The maximum atomic E-state index is 10.0. The maximum Gasteiger partial charge on any atom is 0.417 e. The van der Waals surface area contributed by atoms with E-state index in [1.165, 1.54) is 6.47 Å². The molecule has 2 aromatic rings. The molecule has 0 amide bonds. The molecule has 0 saturated heterocycles. The van der Waals surface area contributed by atoms with Gasteiger partial charge in [-0.15, -0.1) is 0 Å². The van der Waals surface area contributed by atoms with E-state index >= 15 is 0 Å². The molecule has 0 aliphatic heterocycles. The fraction of sp³-hybridized carbons (Fsp3) is 0.0769. The van der Waals surface area contributed by atoms with Crippen LogP contribution in [0.2, 0.25) is 0 Å². The highest BCUT2D eigenvalue weighted by molar-refractivity contribution is 5.90. The first-order chi connectivity index (χ1) is 7.86. The molecule has 0 unspecified atom stereocenters. The SMILES string of the molecule is N#Cc1ccc(CO[C]=O)c2ccccc12. The monoisotopic (exact) mass is 210 g/mol. The van der Waals surface area contributed by atoms with Gasteiger partial charge in [-0.05, 0) is 22.4 Å². The molecule has 0 aliphatic carbocycles. The summed E-state index contributed by atoms with van der Waals surface area (Å²) in [6.45, 7) is 1.57. The fourth-order valence-electron chi connectivity index (χ4n) is 1.69. The molecular weight excluding hydrogens is 202 g/mol. The van der Waals surface area contributed by atoms with Crippen molar-refractivity contribution in [3.8, 4) is 6.07 Å². The van der Waals surface area contributed by atoms with Gasteiger partial charge in [0.25, 0.3) is 0 Å². The predicted octanol–water partition coefficient (Wildman–Crippen LogP) is 2.30. The van der Waals surface area contributed by atoms with Crippen LogP contribution in [-0.2, 0) is 16.1 Å². The molecule has 2 rings (SSSR count). The molecule has 2 aromatic carbocycles. The first-order valence-corrected chi connectivity index (χ1v) is 4.76. The molecule has 0 spiro atoms. The topological polar surface area (TPSA) is 50.1 Å². The highest BCUT2D eigenvalue weighted by Crippen LogP contribution is 2.22. The van der Waals surface area contributed by atoms with E-state index in [2.05, 4.69) is 10.8 Å². The van der Waals surface area contributed by atoms with Gasteiger partial charge in [0.2, 0.25) is 0 Å². The summed E-state index contributed by atoms with van der Waals surface area (Å²) in [6, 6.07) is 13.2. The Morgan fingerprint density at radius 3 is 2.56 bits per heavy atom. The quantitative estimate of drug-likeness (QED) is 0.780. The lowest BCUT2D eigenvalue weighted by Gasteiger charge is -2.06. The molecule has 0 atom stereocenters. The van der Waals surface area contributed by atoms with E-state index in [0.29, 0.717) is 5.56 Å². The molecular formula is C13H8NO2. The third-order valence-corrected chi connectivity index (χ3v) is 2.42. The average molecular weight is 210 g/mol. The largest absolute Gasteiger partial charge is 0.452 e. The first-order valence-electron chi connectivity index (χ1n) is 4.76. The lowest BCUT2D eigenvalue weighted by molar-refractivity contribution is 0.268. The van der Waals surface area contributed by atoms with Crippen LogP contribution in [0.1, 0.15) is 11.1 Å². The third-order valence-electron chi connectivity index (χ3n) is 2.42. The lowest BCUT2D eigenvalue weighted by atomic mass is 10.0. The lowest BCUT2D eigenvalue weighted by Crippen LogP contribution is -1.92. The Morgan fingerprint density at radius 1 is 1.12 bits per heavy atom. The van der Waals surface area contributed by atoms with Crippen molar-refractivity contribution in [3.63, 3.8) is 0 Å². The summed E-state index contributed by atoms with van der Waals surface area (Å²) in [6.07, 6.45) is 0. The molecule has 3 heteroatoms. The molecule has 3 nitrogen and oxygen atoms in total. The van der Waals surface area contributed by atoms with Crippen LogP contribution in [-0.4, -0.2) is 6.47 Å². The Morgan fingerprint density at radius 2 is 1.88 bits per heavy atom. The molecule has 0 aromatic heterocycles. The normalized spacial score (nSPS) is 9.69. The average Bonchev–Trinajstić information content (AvgIpc) is 2.36. The molecule has 0 saturated carbocycles. The van der Waals surface area contributed by atoms with Gasteiger partial charge >= 0.3 is 6.47 Å². The van der Waals surface area contributed by atoms with E-state index in [1.54, 1.807) is 12.1 Å². The summed E-state index contributed by atoms with van der Waals surface area (Å²) < 4.78 is 4.61. The number of hydrogen-bond donors (Lipinski definition) is 0. The van der Waals surface area contributed by atoms with Crippen LogP contribution < -0.4 is 0 Å². The zero-order chi connectivity index (χ0) is 11.4. The van der Waals surface area contributed by atoms with Gasteiger partial charge < -0.3 is 4.74 Å². The molecule has 1 radical (unpaired) electrons. The summed E-state index contributed by atoms with van der Waals surface area (Å²) in [5, 5.41) is 10.8. The van der Waals surface area contributed by atoms with Crippen molar-refractivity contribution < 1.29 is 9.53 Å². The van der Waals surface area contributed by atoms with Crippen LogP contribution >= 0.6 is 0 Å². The van der Waals surface area contributed by atoms with Crippen molar-refractivity contribution in [2.75, 3.05) is 0 Å². The van der Waals surface area contributed by atoms with Gasteiger partial charge in [0, 0.05) is 0 Å². The van der Waals surface area contributed by atoms with Gasteiger partial charge in [0.1, 0.15) is 6.61 Å². The van der Waals surface area contributed by atoms with Crippen molar-refractivity contribution in [1.82, 2.24) is 0 Å². The van der Waals surface area contributed by atoms with E-state index in [-0.39, 0.29) is 6.61 Å². The first kappa shape index (κ1) is 10.2. The van der Waals surface area contributed by atoms with Gasteiger partial charge in [-0.1, -0.05) is 30.3 Å². The van der Waals surface area contributed by atoms with E-state index in [0.717, 1.165) is 16.3 Å². The summed E-state index contributed by atoms with van der Waals surface area (Å²) in [5.41, 5.74) is 1.49. The smallest absolute Gasteiger partial charge is 0.417 e. The molecule has 0 N–H and O–H groups in total. The Hall–Kier alpha value is -2.34. The number of fused-ring (bicyclic) bond motifs is 1. The van der Waals surface area contributed by atoms with Crippen LogP contribution in [0.25, 0.3) is 10.8 Å². The van der Waals surface area contributed by atoms with Crippen molar-refractivity contribution >= 4 is 17.2 Å². The number of nitriles is 1. The molecule has 0 bridgehead atoms. The van der Waals surface area contributed by atoms with Crippen LogP contribution in [0.5, 0.6) is 0 Å². The zero-order valence-electron chi connectivity index (χ0n) is 8.43. The third kappa shape index (κ3) is 1.73. The minimum Gasteiger partial charge on any atom is -0.452 e. The van der Waals surface area contributed by atoms with Gasteiger partial charge in [0.05, 0.1) is 11.6 Å². The zero-order valence-corrected chi connectivity index (χ0v) is 8.43. The van der Waals surface area contributed by atoms with Crippen molar-refractivity contribution in [3.05, 3.63) is 47.5 Å². The number of carbonyl (C=O) groups excluding carboxylic acids is 1. The summed E-state index contributed by atoms with van der Waals surface area (Å²) in [7, 11) is 0. The minimum absolute atomic E-state index is 0.176. The molecule has 16 heavy (non-hydrogen) atoms. The van der Waals surface area contributed by atoms with E-state index in [1.807, 2.05) is 24.3 Å². The van der Waals surface area contributed by atoms with Crippen LogP contribution in [0.4, 0.5) is 0 Å². The standard InChI is InChI=1S/C13H8NO2/c14-7-10-5-6-11(8-16-9-15)13-4-2-1-3-12(10)13/h1-6H,8H2. The summed E-state index contributed by atoms with van der Waals surface area (Å²) >= 11 is 0. The van der Waals surface area contributed by atoms with Gasteiger partial charge in [-0.3, -0.25) is 0 Å². The molecule has 77 valence electrons. The van der Waals surface area contributed by atoms with Crippen molar-refractivity contribution in [2.24, 2.45) is 0 Å². The Kier molecular flexibility index (Phi) is 2.84. The Balaban J connectivity index is 2.61. The van der Waals surface area contributed by atoms with Crippen molar-refractivity contribution in [1.29, 1.82) is 5.26 Å². The molecule has 0 fully saturated rings. The summed E-state index contributed by atoms with van der Waals surface area (Å²) in [5.74, 6) is 0. The number of ether oxygens (including phenoxy) is 1. The van der Waals surface area contributed by atoms with E-state index in [9.17, 15) is 4.79 Å². The summed E-state index contributed by atoms with van der Waals surface area (Å²) in [4.78, 5) is 10.0. The minimum atomic E-state index is 0.176. The van der Waals surface area contributed by atoms with Gasteiger partial charge in [0.15, 0.2) is 0 Å². The van der Waals surface area contributed by atoms with Gasteiger partial charge in [-0.25, -0.2) is 4.79 Å². The highest BCUT2D eigenvalue weighted by Gasteiger charge is 2.05. The maximum absolute atomic E-state index is 10.0. The number of nitrogens with zero attached hydrogens (tertiary/aromatic N) is 1. The number of hydrogen-bond acceptors (Lipinski definition) is 3. The second-order valence-corrected chi connectivity index (χ2v) is 3.30. The predicted molar refractivity (Wildman–Crippen MR) is 59.1 cm³/mol. The second kappa shape index (κ2) is 4.45. The van der Waals surface area contributed by atoms with Crippen LogP contribution in [0, 0.1) is 11.3 Å². The fourth-order valence-corrected chi connectivity index (χ4v) is 1.69. The molecule has 0 heterocycles. The molecule has 0 aliphatic rings. The van der Waals surface area contributed by atoms with Crippen molar-refractivity contribution in [2.45, 2.75) is 6.61 Å².